The van der Waals surface area contributed by atoms with Crippen molar-refractivity contribution in [2.45, 2.75) is 13.5 Å². The van der Waals surface area contributed by atoms with Crippen molar-refractivity contribution < 1.29 is 4.39 Å². The van der Waals surface area contributed by atoms with Gasteiger partial charge in [0.1, 0.15) is 5.82 Å². The minimum atomic E-state index is -0.332. The Bertz CT molecular complexity index is 797. The summed E-state index contributed by atoms with van der Waals surface area (Å²) in [5, 5.41) is 0. The number of fused-ring (bicyclic) bond motifs is 1. The van der Waals surface area contributed by atoms with Crippen LogP contribution in [0.4, 0.5) is 10.3 Å². The number of aromatic nitrogens is 3. The molecule has 0 saturated heterocycles. The molecule has 0 aliphatic carbocycles. The molecule has 102 valence electrons. The number of pyridine rings is 1. The Morgan fingerprint density at radius 3 is 2.95 bits per heavy atom. The zero-order valence-corrected chi connectivity index (χ0v) is 12.4. The normalized spacial score (nSPS) is 11.2. The van der Waals surface area contributed by atoms with Crippen LogP contribution in [0.25, 0.3) is 11.0 Å². The highest BCUT2D eigenvalue weighted by Crippen LogP contribution is 2.26. The third-order valence-electron chi connectivity index (χ3n) is 3.30. The third kappa shape index (κ3) is 2.16. The van der Waals surface area contributed by atoms with Crippen molar-refractivity contribution in [3.63, 3.8) is 0 Å². The largest absolute Gasteiger partial charge is 0.369 e. The van der Waals surface area contributed by atoms with Crippen LogP contribution in [0.1, 0.15) is 11.1 Å². The van der Waals surface area contributed by atoms with E-state index in [1.807, 2.05) is 13.0 Å². The minimum Gasteiger partial charge on any atom is -0.369 e. The summed E-state index contributed by atoms with van der Waals surface area (Å²) >= 11 is 3.15. The number of anilines is 1. The summed E-state index contributed by atoms with van der Waals surface area (Å²) in [7, 11) is 0. The molecular formula is C14H12BrFN4. The second-order valence-electron chi connectivity index (χ2n) is 4.61. The van der Waals surface area contributed by atoms with E-state index >= 15 is 0 Å². The molecule has 20 heavy (non-hydrogen) atoms. The molecule has 6 heteroatoms. The Hall–Kier alpha value is -1.95. The van der Waals surface area contributed by atoms with Crippen molar-refractivity contribution in [3.05, 3.63) is 52.0 Å². The van der Waals surface area contributed by atoms with E-state index in [-0.39, 0.29) is 5.82 Å². The lowest BCUT2D eigenvalue weighted by atomic mass is 10.1. The van der Waals surface area contributed by atoms with Gasteiger partial charge in [-0.25, -0.2) is 9.37 Å². The van der Waals surface area contributed by atoms with E-state index in [0.717, 1.165) is 11.1 Å². The number of hydrogen-bond donors (Lipinski definition) is 1. The fraction of sp³-hybridized carbons (Fsp3) is 0.143. The summed E-state index contributed by atoms with van der Waals surface area (Å²) in [5.74, 6) is 0.0299. The minimum absolute atomic E-state index is 0.332. The average molecular weight is 335 g/mol. The Balaban J connectivity index is 2.14. The predicted octanol–water partition coefficient (Wildman–Crippen LogP) is 3.27. The standard InChI is InChI=1S/C14H12BrFN4/c1-8-2-3-18-6-9(8)7-20-13-5-11(16)10(15)4-12(13)19-14(20)17/h2-6H,7H2,1H3,(H2,17,19). The molecule has 0 spiro atoms. The van der Waals surface area contributed by atoms with E-state index in [4.69, 9.17) is 5.73 Å². The summed E-state index contributed by atoms with van der Waals surface area (Å²) in [4.78, 5) is 8.38. The number of imidazole rings is 1. The van der Waals surface area contributed by atoms with Crippen molar-refractivity contribution in [2.24, 2.45) is 0 Å². The fourth-order valence-electron chi connectivity index (χ4n) is 2.14. The van der Waals surface area contributed by atoms with Gasteiger partial charge in [0.05, 0.1) is 22.1 Å². The van der Waals surface area contributed by atoms with Crippen LogP contribution >= 0.6 is 15.9 Å². The summed E-state index contributed by atoms with van der Waals surface area (Å²) in [6, 6.07) is 5.00. The van der Waals surface area contributed by atoms with Gasteiger partial charge in [-0.2, -0.15) is 0 Å². The van der Waals surface area contributed by atoms with E-state index in [0.29, 0.717) is 28.0 Å². The molecule has 3 aromatic rings. The molecule has 0 saturated carbocycles. The van der Waals surface area contributed by atoms with Gasteiger partial charge in [0.25, 0.3) is 0 Å². The van der Waals surface area contributed by atoms with Gasteiger partial charge in [0.2, 0.25) is 5.95 Å². The zero-order valence-electron chi connectivity index (χ0n) is 10.8. The van der Waals surface area contributed by atoms with Crippen LogP contribution in [0.2, 0.25) is 0 Å². The maximum Gasteiger partial charge on any atom is 0.201 e. The van der Waals surface area contributed by atoms with Gasteiger partial charge >= 0.3 is 0 Å². The molecule has 0 fully saturated rings. The number of rotatable bonds is 2. The highest BCUT2D eigenvalue weighted by molar-refractivity contribution is 9.10. The van der Waals surface area contributed by atoms with Crippen LogP contribution in [0.15, 0.2) is 35.1 Å². The second kappa shape index (κ2) is 4.86. The third-order valence-corrected chi connectivity index (χ3v) is 3.90. The number of nitrogens with zero attached hydrogens (tertiary/aromatic N) is 3. The summed E-state index contributed by atoms with van der Waals surface area (Å²) < 4.78 is 15.9. The summed E-state index contributed by atoms with van der Waals surface area (Å²) in [5.41, 5.74) is 9.42. The molecule has 2 N–H and O–H groups in total. The molecule has 0 atom stereocenters. The first-order valence-corrected chi connectivity index (χ1v) is 6.86. The van der Waals surface area contributed by atoms with Crippen LogP contribution in [-0.2, 0) is 6.54 Å². The van der Waals surface area contributed by atoms with Crippen LogP contribution in [-0.4, -0.2) is 14.5 Å². The lowest BCUT2D eigenvalue weighted by molar-refractivity contribution is 0.622. The first-order valence-electron chi connectivity index (χ1n) is 6.06. The van der Waals surface area contributed by atoms with E-state index in [9.17, 15) is 4.39 Å². The molecule has 0 aliphatic heterocycles. The van der Waals surface area contributed by atoms with Gasteiger partial charge in [0.15, 0.2) is 0 Å². The van der Waals surface area contributed by atoms with Gasteiger partial charge in [-0.3, -0.25) is 4.98 Å². The summed E-state index contributed by atoms with van der Waals surface area (Å²) in [6.45, 7) is 2.52. The molecule has 0 aliphatic rings. The SMILES string of the molecule is Cc1ccncc1Cn1c(N)nc2cc(Br)c(F)cc21. The number of hydrogen-bond acceptors (Lipinski definition) is 3. The number of nitrogens with two attached hydrogens (primary N) is 1. The molecule has 4 nitrogen and oxygen atoms in total. The first-order chi connectivity index (χ1) is 9.56. The van der Waals surface area contributed by atoms with E-state index in [2.05, 4.69) is 25.9 Å². The quantitative estimate of drug-likeness (QED) is 0.782. The Labute approximate surface area is 123 Å². The van der Waals surface area contributed by atoms with E-state index < -0.39 is 0 Å². The highest BCUT2D eigenvalue weighted by atomic mass is 79.9. The molecule has 0 unspecified atom stereocenters. The van der Waals surface area contributed by atoms with Crippen molar-refractivity contribution in [2.75, 3.05) is 5.73 Å². The van der Waals surface area contributed by atoms with E-state index in [1.165, 1.54) is 6.07 Å². The van der Waals surface area contributed by atoms with Crippen LogP contribution in [0.3, 0.4) is 0 Å². The maximum atomic E-state index is 13.7. The molecular weight excluding hydrogens is 323 g/mol. The number of benzene rings is 1. The van der Waals surface area contributed by atoms with Crippen LogP contribution in [0, 0.1) is 12.7 Å². The van der Waals surface area contributed by atoms with Gasteiger partial charge in [0, 0.05) is 18.5 Å². The van der Waals surface area contributed by atoms with Gasteiger partial charge in [-0.1, -0.05) is 0 Å². The first kappa shape index (κ1) is 13.1. The fourth-order valence-corrected chi connectivity index (χ4v) is 2.47. The van der Waals surface area contributed by atoms with Crippen LogP contribution in [0.5, 0.6) is 0 Å². The Morgan fingerprint density at radius 2 is 2.20 bits per heavy atom. The zero-order chi connectivity index (χ0) is 14.3. The smallest absolute Gasteiger partial charge is 0.201 e. The lowest BCUT2D eigenvalue weighted by Crippen LogP contribution is -2.06. The molecule has 3 rings (SSSR count). The maximum absolute atomic E-state index is 13.7. The Morgan fingerprint density at radius 1 is 1.40 bits per heavy atom. The van der Waals surface area contributed by atoms with Crippen molar-refractivity contribution in [3.8, 4) is 0 Å². The molecule has 2 heterocycles. The molecule has 0 radical (unpaired) electrons. The second-order valence-corrected chi connectivity index (χ2v) is 5.47. The highest BCUT2D eigenvalue weighted by Gasteiger charge is 2.12. The van der Waals surface area contributed by atoms with Crippen molar-refractivity contribution >= 4 is 32.9 Å². The molecule has 1 aromatic carbocycles. The topological polar surface area (TPSA) is 56.7 Å². The number of aryl methyl sites for hydroxylation is 1. The lowest BCUT2D eigenvalue weighted by Gasteiger charge is -2.09. The molecule has 0 bridgehead atoms. The number of nitrogen functional groups attached to an aromatic ring is 1. The van der Waals surface area contributed by atoms with Gasteiger partial charge in [-0.15, -0.1) is 0 Å². The average Bonchev–Trinajstić information content (AvgIpc) is 2.69. The van der Waals surface area contributed by atoms with Crippen LogP contribution < -0.4 is 5.73 Å². The molecule has 2 aromatic heterocycles. The van der Waals surface area contributed by atoms with Gasteiger partial charge < -0.3 is 10.3 Å². The monoisotopic (exact) mass is 334 g/mol. The number of halogens is 2. The van der Waals surface area contributed by atoms with Crippen molar-refractivity contribution in [1.82, 2.24) is 14.5 Å². The van der Waals surface area contributed by atoms with Gasteiger partial charge in [-0.05, 0) is 46.1 Å². The summed E-state index contributed by atoms with van der Waals surface area (Å²) in [6.07, 6.45) is 3.53. The Kier molecular flexibility index (Phi) is 3.17. The molecule has 0 amide bonds. The van der Waals surface area contributed by atoms with Crippen molar-refractivity contribution in [1.29, 1.82) is 0 Å². The predicted molar refractivity (Wildman–Crippen MR) is 79.9 cm³/mol. The van der Waals surface area contributed by atoms with E-state index in [1.54, 1.807) is 23.0 Å².